The summed E-state index contributed by atoms with van der Waals surface area (Å²) in [6, 6.07) is 5.27. The van der Waals surface area contributed by atoms with Crippen molar-refractivity contribution in [1.29, 1.82) is 0 Å². The Morgan fingerprint density at radius 1 is 1.25 bits per heavy atom. The molecule has 0 spiro atoms. The van der Waals surface area contributed by atoms with Gasteiger partial charge in [-0.3, -0.25) is 14.1 Å². The molecule has 0 saturated heterocycles. The fourth-order valence-electron chi connectivity index (χ4n) is 2.46. The van der Waals surface area contributed by atoms with E-state index < -0.39 is 10.0 Å². The molecule has 0 aliphatic carbocycles. The maximum atomic E-state index is 12.1. The Kier molecular flexibility index (Phi) is 4.06. The smallest absolute Gasteiger partial charge is 0.257 e. The Balaban J connectivity index is 2.02. The van der Waals surface area contributed by atoms with Crippen molar-refractivity contribution >= 4 is 27.4 Å². The summed E-state index contributed by atoms with van der Waals surface area (Å²) in [5.41, 5.74) is 2.69. The van der Waals surface area contributed by atoms with E-state index in [2.05, 4.69) is 15.3 Å². The van der Waals surface area contributed by atoms with Gasteiger partial charge in [0, 0.05) is 30.3 Å². The van der Waals surface area contributed by atoms with Crippen LogP contribution >= 0.6 is 0 Å². The van der Waals surface area contributed by atoms with Gasteiger partial charge in [0.05, 0.1) is 17.9 Å². The minimum absolute atomic E-state index is 0.211. The number of carbonyl (C=O) groups is 1. The summed E-state index contributed by atoms with van der Waals surface area (Å²) >= 11 is 0. The van der Waals surface area contributed by atoms with E-state index in [9.17, 15) is 13.2 Å². The summed E-state index contributed by atoms with van der Waals surface area (Å²) in [7, 11) is -3.44. The van der Waals surface area contributed by atoms with Gasteiger partial charge < -0.3 is 5.32 Å². The van der Waals surface area contributed by atoms with E-state index in [1.165, 1.54) is 16.6 Å². The van der Waals surface area contributed by atoms with Crippen LogP contribution < -0.4 is 9.62 Å². The van der Waals surface area contributed by atoms with Crippen molar-refractivity contribution in [1.82, 2.24) is 9.97 Å². The molecule has 8 heteroatoms. The van der Waals surface area contributed by atoms with Crippen LogP contribution in [0, 0.1) is 6.92 Å². The first-order valence-corrected chi connectivity index (χ1v) is 8.77. The molecule has 0 unspecified atom stereocenters. The van der Waals surface area contributed by atoms with Crippen molar-refractivity contribution < 1.29 is 13.2 Å². The van der Waals surface area contributed by atoms with Crippen molar-refractivity contribution in [2.24, 2.45) is 0 Å². The number of carbonyl (C=O) groups excluding carboxylic acids is 1. The molecule has 3 rings (SSSR count). The minimum atomic E-state index is -3.44. The quantitative estimate of drug-likeness (QED) is 0.920. The van der Waals surface area contributed by atoms with Gasteiger partial charge in [-0.1, -0.05) is 6.08 Å². The first-order valence-electron chi connectivity index (χ1n) is 7.27. The van der Waals surface area contributed by atoms with Crippen LogP contribution in [0.25, 0.3) is 11.1 Å². The molecule has 2 aromatic rings. The van der Waals surface area contributed by atoms with Gasteiger partial charge in [0.1, 0.15) is 5.82 Å². The van der Waals surface area contributed by atoms with Gasteiger partial charge in [0.15, 0.2) is 0 Å². The molecule has 124 valence electrons. The van der Waals surface area contributed by atoms with Crippen LogP contribution in [0.3, 0.4) is 0 Å². The summed E-state index contributed by atoms with van der Waals surface area (Å²) in [4.78, 5) is 19.6. The van der Waals surface area contributed by atoms with Crippen LogP contribution in [-0.2, 0) is 14.8 Å². The van der Waals surface area contributed by atoms with Crippen LogP contribution in [0.1, 0.15) is 12.6 Å². The van der Waals surface area contributed by atoms with Gasteiger partial charge in [-0.15, -0.1) is 0 Å². The average Bonchev–Trinajstić information content (AvgIpc) is 2.86. The standard InChI is InChI=1S/C16H16N4O3S/c1-11-15(20-6-3-7-24(20,22)23)8-14(10-18-11)13-4-5-17-16(9-13)19-12(2)21/h3-5,7-10H,6H2,1-2H3,(H,17,19,21). The van der Waals surface area contributed by atoms with Crippen molar-refractivity contribution in [3.8, 4) is 11.1 Å². The molecule has 0 aromatic carbocycles. The highest BCUT2D eigenvalue weighted by molar-refractivity contribution is 7.95. The Hall–Kier alpha value is -2.74. The van der Waals surface area contributed by atoms with E-state index >= 15 is 0 Å². The molecular weight excluding hydrogens is 328 g/mol. The summed E-state index contributed by atoms with van der Waals surface area (Å²) in [5, 5.41) is 3.82. The van der Waals surface area contributed by atoms with Gasteiger partial charge in [-0.2, -0.15) is 0 Å². The third-order valence-electron chi connectivity index (χ3n) is 3.57. The molecular formula is C16H16N4O3S. The lowest BCUT2D eigenvalue weighted by molar-refractivity contribution is -0.114. The predicted molar refractivity (Wildman–Crippen MR) is 91.9 cm³/mol. The molecule has 7 nitrogen and oxygen atoms in total. The number of rotatable bonds is 3. The van der Waals surface area contributed by atoms with Gasteiger partial charge in [0.25, 0.3) is 10.0 Å². The molecule has 1 N–H and O–H groups in total. The SMILES string of the molecule is CC(=O)Nc1cc(-c2cnc(C)c(N3CC=CS3(=O)=O)c2)ccn1. The zero-order valence-corrected chi connectivity index (χ0v) is 14.0. The fourth-order valence-corrected chi connectivity index (χ4v) is 3.69. The van der Waals surface area contributed by atoms with E-state index in [4.69, 9.17) is 0 Å². The molecule has 1 aliphatic rings. The topological polar surface area (TPSA) is 92.3 Å². The predicted octanol–water partition coefficient (Wildman–Crippen LogP) is 2.07. The number of anilines is 2. The molecule has 2 aromatic heterocycles. The number of nitrogens with zero attached hydrogens (tertiary/aromatic N) is 3. The van der Waals surface area contributed by atoms with Gasteiger partial charge >= 0.3 is 0 Å². The van der Waals surface area contributed by atoms with Crippen molar-refractivity contribution in [2.75, 3.05) is 16.2 Å². The molecule has 1 aliphatic heterocycles. The van der Waals surface area contributed by atoms with E-state index in [1.807, 2.05) is 0 Å². The van der Waals surface area contributed by atoms with Crippen LogP contribution in [0.4, 0.5) is 11.5 Å². The zero-order chi connectivity index (χ0) is 17.3. The summed E-state index contributed by atoms with van der Waals surface area (Å²) in [5.74, 6) is 0.217. The average molecular weight is 344 g/mol. The highest BCUT2D eigenvalue weighted by Gasteiger charge is 2.25. The summed E-state index contributed by atoms with van der Waals surface area (Å²) in [6.07, 6.45) is 4.85. The Bertz CT molecular complexity index is 938. The molecule has 24 heavy (non-hydrogen) atoms. The lowest BCUT2D eigenvalue weighted by Crippen LogP contribution is -2.25. The lowest BCUT2D eigenvalue weighted by atomic mass is 10.1. The second-order valence-electron chi connectivity index (χ2n) is 5.39. The second kappa shape index (κ2) is 6.04. The maximum Gasteiger partial charge on any atom is 0.257 e. The molecule has 0 saturated carbocycles. The van der Waals surface area contributed by atoms with Crippen LogP contribution in [0.2, 0.25) is 0 Å². The molecule has 1 amide bonds. The minimum Gasteiger partial charge on any atom is -0.311 e. The van der Waals surface area contributed by atoms with E-state index in [0.717, 1.165) is 11.1 Å². The normalized spacial score (nSPS) is 15.5. The number of sulfonamides is 1. The van der Waals surface area contributed by atoms with Gasteiger partial charge in [-0.05, 0) is 30.7 Å². The number of aryl methyl sites for hydroxylation is 1. The van der Waals surface area contributed by atoms with Crippen LogP contribution in [-0.4, -0.2) is 30.8 Å². The maximum absolute atomic E-state index is 12.1. The van der Waals surface area contributed by atoms with Crippen LogP contribution in [0.5, 0.6) is 0 Å². The first-order chi connectivity index (χ1) is 11.4. The van der Waals surface area contributed by atoms with E-state index in [0.29, 0.717) is 23.7 Å². The highest BCUT2D eigenvalue weighted by Crippen LogP contribution is 2.30. The van der Waals surface area contributed by atoms with Crippen molar-refractivity contribution in [3.63, 3.8) is 0 Å². The lowest BCUT2D eigenvalue weighted by Gasteiger charge is -2.19. The molecule has 0 atom stereocenters. The van der Waals surface area contributed by atoms with Gasteiger partial charge in [0.2, 0.25) is 5.91 Å². The number of amides is 1. The Labute approximate surface area is 140 Å². The van der Waals surface area contributed by atoms with Crippen LogP contribution in [0.15, 0.2) is 42.1 Å². The molecule has 0 fully saturated rings. The number of hydrogen-bond donors (Lipinski definition) is 1. The zero-order valence-electron chi connectivity index (χ0n) is 13.2. The highest BCUT2D eigenvalue weighted by atomic mass is 32.2. The third-order valence-corrected chi connectivity index (χ3v) is 5.07. The largest absolute Gasteiger partial charge is 0.311 e. The van der Waals surface area contributed by atoms with E-state index in [-0.39, 0.29) is 5.91 Å². The summed E-state index contributed by atoms with van der Waals surface area (Å²) in [6.45, 7) is 3.47. The molecule has 3 heterocycles. The first kappa shape index (κ1) is 16.1. The van der Waals surface area contributed by atoms with Crippen molar-refractivity contribution in [3.05, 3.63) is 47.8 Å². The Morgan fingerprint density at radius 3 is 2.71 bits per heavy atom. The van der Waals surface area contributed by atoms with Crippen molar-refractivity contribution in [2.45, 2.75) is 13.8 Å². The second-order valence-corrected chi connectivity index (χ2v) is 7.13. The number of hydrogen-bond acceptors (Lipinski definition) is 5. The number of aromatic nitrogens is 2. The Morgan fingerprint density at radius 2 is 2.04 bits per heavy atom. The number of pyridine rings is 2. The molecule has 0 radical (unpaired) electrons. The molecule has 0 bridgehead atoms. The third kappa shape index (κ3) is 3.13. The monoisotopic (exact) mass is 344 g/mol. The van der Waals surface area contributed by atoms with Gasteiger partial charge in [-0.25, -0.2) is 13.4 Å². The summed E-state index contributed by atoms with van der Waals surface area (Å²) < 4.78 is 25.5. The fraction of sp³-hybridized carbons (Fsp3) is 0.188. The number of nitrogens with one attached hydrogen (secondary N) is 1. The van der Waals surface area contributed by atoms with E-state index in [1.54, 1.807) is 43.6 Å².